The fraction of sp³-hybridized carbons (Fsp3) is 0.889. The number of likely N-dealkylation sites (tertiary alicyclic amines) is 1. The summed E-state index contributed by atoms with van der Waals surface area (Å²) < 4.78 is 4.91. The fourth-order valence-electron chi connectivity index (χ4n) is 1.60. The van der Waals surface area contributed by atoms with Crippen molar-refractivity contribution in [1.82, 2.24) is 10.2 Å². The van der Waals surface area contributed by atoms with Gasteiger partial charge in [-0.3, -0.25) is 0 Å². The second-order valence-electron chi connectivity index (χ2n) is 3.19. The zero-order valence-corrected chi connectivity index (χ0v) is 8.38. The van der Waals surface area contributed by atoms with Gasteiger partial charge in [0.15, 0.2) is 0 Å². The molecule has 0 spiro atoms. The van der Waals surface area contributed by atoms with E-state index in [4.69, 9.17) is 4.74 Å². The summed E-state index contributed by atoms with van der Waals surface area (Å²) in [6, 6.07) is 0.453. The van der Waals surface area contributed by atoms with Crippen LogP contribution in [-0.2, 0) is 4.74 Å². The highest BCUT2D eigenvalue weighted by atomic mass is 16.6. The van der Waals surface area contributed by atoms with Crippen LogP contribution in [0.4, 0.5) is 4.79 Å². The van der Waals surface area contributed by atoms with Crippen LogP contribution in [0.25, 0.3) is 0 Å². The minimum atomic E-state index is -0.178. The number of likely N-dealkylation sites (N-methyl/N-ethyl adjacent to an activating group) is 1. The van der Waals surface area contributed by atoms with E-state index in [2.05, 4.69) is 12.2 Å². The molecule has 1 fully saturated rings. The maximum Gasteiger partial charge on any atom is 0.409 e. The summed E-state index contributed by atoms with van der Waals surface area (Å²) in [5, 5.41) is 3.32. The summed E-state index contributed by atoms with van der Waals surface area (Å²) in [6.45, 7) is 6.93. The van der Waals surface area contributed by atoms with Crippen LogP contribution in [0.5, 0.6) is 0 Å². The molecule has 13 heavy (non-hydrogen) atoms. The molecule has 1 aliphatic heterocycles. The second-order valence-corrected chi connectivity index (χ2v) is 3.19. The first-order valence-corrected chi connectivity index (χ1v) is 4.93. The number of nitrogens with one attached hydrogen (secondary N) is 1. The maximum atomic E-state index is 11.3. The number of carbonyl (C=O) groups is 1. The molecule has 4 heteroatoms. The molecule has 0 aliphatic carbocycles. The minimum absolute atomic E-state index is 0.178. The van der Waals surface area contributed by atoms with Crippen LogP contribution in [0.1, 0.15) is 20.3 Å². The molecule has 0 radical (unpaired) electrons. The Bertz CT molecular complexity index is 173. The van der Waals surface area contributed by atoms with Crippen LogP contribution < -0.4 is 5.32 Å². The van der Waals surface area contributed by atoms with Gasteiger partial charge in [0.25, 0.3) is 0 Å². The Morgan fingerprint density at radius 1 is 1.62 bits per heavy atom. The van der Waals surface area contributed by atoms with Crippen molar-refractivity contribution in [3.05, 3.63) is 0 Å². The predicted molar refractivity (Wildman–Crippen MR) is 50.7 cm³/mol. The van der Waals surface area contributed by atoms with Gasteiger partial charge in [0.05, 0.1) is 6.61 Å². The first-order chi connectivity index (χ1) is 6.27. The molecule has 1 saturated heterocycles. The van der Waals surface area contributed by atoms with Crippen molar-refractivity contribution in [3.63, 3.8) is 0 Å². The van der Waals surface area contributed by atoms with E-state index in [-0.39, 0.29) is 6.09 Å². The molecule has 0 aromatic carbocycles. The van der Waals surface area contributed by atoms with E-state index >= 15 is 0 Å². The van der Waals surface area contributed by atoms with Crippen LogP contribution in [0.15, 0.2) is 0 Å². The van der Waals surface area contributed by atoms with E-state index in [1.807, 2.05) is 6.92 Å². The molecule has 4 nitrogen and oxygen atoms in total. The highest BCUT2D eigenvalue weighted by Crippen LogP contribution is 2.09. The van der Waals surface area contributed by atoms with E-state index < -0.39 is 0 Å². The van der Waals surface area contributed by atoms with Gasteiger partial charge in [-0.1, -0.05) is 6.92 Å². The third kappa shape index (κ3) is 2.88. The number of nitrogens with zero attached hydrogens (tertiary/aromatic N) is 1. The van der Waals surface area contributed by atoms with Gasteiger partial charge in [-0.25, -0.2) is 4.79 Å². The Hall–Kier alpha value is -0.770. The standard InChI is InChI=1S/C9H18N2O2/c1-3-10-8-5-6-11(7-8)9(12)13-4-2/h8,10H,3-7H2,1-2H3. The molecule has 76 valence electrons. The minimum Gasteiger partial charge on any atom is -0.450 e. The van der Waals surface area contributed by atoms with E-state index in [1.165, 1.54) is 0 Å². The first kappa shape index (κ1) is 10.3. The molecule has 0 aromatic heterocycles. The van der Waals surface area contributed by atoms with Gasteiger partial charge in [-0.2, -0.15) is 0 Å². The zero-order valence-electron chi connectivity index (χ0n) is 8.38. The Balaban J connectivity index is 2.27. The average molecular weight is 186 g/mol. The normalized spacial score (nSPS) is 22.0. The van der Waals surface area contributed by atoms with Crippen LogP contribution in [-0.4, -0.2) is 43.3 Å². The molecule has 1 atom stereocenters. The molecule has 0 bridgehead atoms. The van der Waals surface area contributed by atoms with Gasteiger partial charge in [0.2, 0.25) is 0 Å². The number of hydrogen-bond donors (Lipinski definition) is 1. The second kappa shape index (κ2) is 5.07. The third-order valence-electron chi connectivity index (χ3n) is 2.21. The largest absolute Gasteiger partial charge is 0.450 e. The van der Waals surface area contributed by atoms with Gasteiger partial charge < -0.3 is 15.0 Å². The lowest BCUT2D eigenvalue weighted by Gasteiger charge is -2.15. The molecule has 1 amide bonds. The van der Waals surface area contributed by atoms with Gasteiger partial charge in [0.1, 0.15) is 0 Å². The van der Waals surface area contributed by atoms with Crippen LogP contribution >= 0.6 is 0 Å². The lowest BCUT2D eigenvalue weighted by atomic mass is 10.3. The highest BCUT2D eigenvalue weighted by molar-refractivity contribution is 5.68. The summed E-state index contributed by atoms with van der Waals surface area (Å²) in [4.78, 5) is 13.0. The van der Waals surface area contributed by atoms with E-state index in [0.29, 0.717) is 12.6 Å². The fourth-order valence-corrected chi connectivity index (χ4v) is 1.60. The van der Waals surface area contributed by atoms with Gasteiger partial charge in [0, 0.05) is 19.1 Å². The van der Waals surface area contributed by atoms with Crippen molar-refractivity contribution in [2.24, 2.45) is 0 Å². The Kier molecular flexibility index (Phi) is 4.02. The Morgan fingerprint density at radius 2 is 2.38 bits per heavy atom. The highest BCUT2D eigenvalue weighted by Gasteiger charge is 2.25. The van der Waals surface area contributed by atoms with Gasteiger partial charge in [-0.15, -0.1) is 0 Å². The molecule has 0 aromatic rings. The van der Waals surface area contributed by atoms with Crippen molar-refractivity contribution in [3.8, 4) is 0 Å². The van der Waals surface area contributed by atoms with Crippen molar-refractivity contribution >= 4 is 6.09 Å². The SMILES string of the molecule is CCNC1CCN(C(=O)OCC)C1. The summed E-state index contributed by atoms with van der Waals surface area (Å²) in [6.07, 6.45) is 0.857. The molecule has 1 N–H and O–H groups in total. The van der Waals surface area contributed by atoms with Crippen molar-refractivity contribution in [1.29, 1.82) is 0 Å². The monoisotopic (exact) mass is 186 g/mol. The first-order valence-electron chi connectivity index (χ1n) is 4.93. The van der Waals surface area contributed by atoms with Gasteiger partial charge in [-0.05, 0) is 19.9 Å². The Morgan fingerprint density at radius 3 is 3.00 bits per heavy atom. The molecular formula is C9H18N2O2. The number of carbonyl (C=O) groups excluding carboxylic acids is 1. The molecule has 0 saturated carbocycles. The van der Waals surface area contributed by atoms with E-state index in [0.717, 1.165) is 26.1 Å². The quantitative estimate of drug-likeness (QED) is 0.709. The van der Waals surface area contributed by atoms with Crippen molar-refractivity contribution < 1.29 is 9.53 Å². The van der Waals surface area contributed by atoms with Crippen LogP contribution in [0.2, 0.25) is 0 Å². The maximum absolute atomic E-state index is 11.3. The van der Waals surface area contributed by atoms with E-state index in [9.17, 15) is 4.79 Å². The van der Waals surface area contributed by atoms with Crippen LogP contribution in [0.3, 0.4) is 0 Å². The molecule has 1 heterocycles. The van der Waals surface area contributed by atoms with Gasteiger partial charge >= 0.3 is 6.09 Å². The molecule has 1 rings (SSSR count). The zero-order chi connectivity index (χ0) is 9.68. The Labute approximate surface area is 79.2 Å². The van der Waals surface area contributed by atoms with Crippen molar-refractivity contribution in [2.75, 3.05) is 26.2 Å². The smallest absolute Gasteiger partial charge is 0.409 e. The number of amides is 1. The lowest BCUT2D eigenvalue weighted by Crippen LogP contribution is -2.35. The summed E-state index contributed by atoms with van der Waals surface area (Å²) >= 11 is 0. The number of ether oxygens (including phenoxy) is 1. The van der Waals surface area contributed by atoms with Crippen LogP contribution in [0, 0.1) is 0 Å². The summed E-state index contributed by atoms with van der Waals surface area (Å²) in [5.41, 5.74) is 0. The average Bonchev–Trinajstić information content (AvgIpc) is 2.54. The van der Waals surface area contributed by atoms with Crippen molar-refractivity contribution in [2.45, 2.75) is 26.3 Å². The van der Waals surface area contributed by atoms with E-state index in [1.54, 1.807) is 4.90 Å². The lowest BCUT2D eigenvalue weighted by molar-refractivity contribution is 0.115. The predicted octanol–water partition coefficient (Wildman–Crippen LogP) is 0.827. The molecule has 1 unspecified atom stereocenters. The summed E-state index contributed by atoms with van der Waals surface area (Å²) in [5.74, 6) is 0. The third-order valence-corrected chi connectivity index (χ3v) is 2.21. The molecular weight excluding hydrogens is 168 g/mol. The number of hydrogen-bond acceptors (Lipinski definition) is 3. The number of rotatable bonds is 3. The topological polar surface area (TPSA) is 41.6 Å². The summed E-state index contributed by atoms with van der Waals surface area (Å²) in [7, 11) is 0. The molecule has 1 aliphatic rings.